The number of rotatable bonds is 3. The van der Waals surface area contributed by atoms with Gasteiger partial charge < -0.3 is 10.4 Å². The standard InChI is InChI=1S/C15H25ClN4O/c1-11-12(14(16)19(2)18-11)8-20-7-5-15(10-21)4-3-6-17-13(15)9-20/h13,17,21H,3-10H2,1-2H3/t13-,15-/m1/s1. The Balaban J connectivity index is 1.72. The van der Waals surface area contributed by atoms with Crippen molar-refractivity contribution in [2.75, 3.05) is 26.2 Å². The number of halogens is 1. The number of hydrogen-bond donors (Lipinski definition) is 2. The number of hydrogen-bond acceptors (Lipinski definition) is 4. The van der Waals surface area contributed by atoms with E-state index < -0.39 is 0 Å². The Labute approximate surface area is 131 Å². The van der Waals surface area contributed by atoms with E-state index in [0.717, 1.165) is 55.4 Å². The Hall–Kier alpha value is -0.620. The van der Waals surface area contributed by atoms with Crippen molar-refractivity contribution < 1.29 is 5.11 Å². The summed E-state index contributed by atoms with van der Waals surface area (Å²) in [6, 6.07) is 0.390. The van der Waals surface area contributed by atoms with E-state index in [1.54, 1.807) is 4.68 Å². The van der Waals surface area contributed by atoms with Gasteiger partial charge in [0.2, 0.25) is 0 Å². The fourth-order valence-electron chi connectivity index (χ4n) is 3.88. The summed E-state index contributed by atoms with van der Waals surface area (Å²) in [6.07, 6.45) is 3.37. The monoisotopic (exact) mass is 312 g/mol. The third kappa shape index (κ3) is 2.72. The van der Waals surface area contributed by atoms with Crippen LogP contribution >= 0.6 is 11.6 Å². The number of aromatic nitrogens is 2. The molecular weight excluding hydrogens is 288 g/mol. The van der Waals surface area contributed by atoms with Crippen LogP contribution in [-0.2, 0) is 13.6 Å². The molecule has 0 unspecified atom stereocenters. The summed E-state index contributed by atoms with van der Waals surface area (Å²) >= 11 is 6.34. The smallest absolute Gasteiger partial charge is 0.131 e. The first-order valence-corrected chi connectivity index (χ1v) is 8.18. The SMILES string of the molecule is Cc1nn(C)c(Cl)c1CN1CC[C@@]2(CO)CCCN[C@@H]2C1. The van der Waals surface area contributed by atoms with Crippen molar-refractivity contribution in [2.24, 2.45) is 12.5 Å². The molecule has 1 aromatic rings. The van der Waals surface area contributed by atoms with Crippen LogP contribution in [0.15, 0.2) is 0 Å². The summed E-state index contributed by atoms with van der Waals surface area (Å²) in [4.78, 5) is 2.44. The molecule has 0 saturated carbocycles. The second kappa shape index (κ2) is 5.88. The van der Waals surface area contributed by atoms with Crippen molar-refractivity contribution in [1.29, 1.82) is 0 Å². The summed E-state index contributed by atoms with van der Waals surface area (Å²) in [5.41, 5.74) is 2.23. The molecule has 118 valence electrons. The number of nitrogens with one attached hydrogen (secondary N) is 1. The Morgan fingerprint density at radius 1 is 1.48 bits per heavy atom. The summed E-state index contributed by atoms with van der Waals surface area (Å²) in [7, 11) is 1.88. The number of piperidine rings is 2. The largest absolute Gasteiger partial charge is 0.396 e. The maximum Gasteiger partial charge on any atom is 0.131 e. The highest BCUT2D eigenvalue weighted by atomic mass is 35.5. The lowest BCUT2D eigenvalue weighted by atomic mass is 9.70. The van der Waals surface area contributed by atoms with E-state index in [9.17, 15) is 5.11 Å². The van der Waals surface area contributed by atoms with E-state index in [2.05, 4.69) is 15.3 Å². The molecule has 0 aliphatic carbocycles. The van der Waals surface area contributed by atoms with Gasteiger partial charge in [0, 0.05) is 37.2 Å². The molecule has 0 amide bonds. The van der Waals surface area contributed by atoms with E-state index in [-0.39, 0.29) is 5.41 Å². The second-order valence-corrected chi connectivity index (χ2v) is 6.95. The van der Waals surface area contributed by atoms with Gasteiger partial charge in [-0.15, -0.1) is 0 Å². The first-order chi connectivity index (χ1) is 10.1. The Morgan fingerprint density at radius 2 is 2.29 bits per heavy atom. The zero-order valence-electron chi connectivity index (χ0n) is 12.9. The number of likely N-dealkylation sites (tertiary alicyclic amines) is 1. The predicted octanol–water partition coefficient (Wildman–Crippen LogP) is 1.32. The molecule has 21 heavy (non-hydrogen) atoms. The van der Waals surface area contributed by atoms with E-state index in [4.69, 9.17) is 11.6 Å². The minimum absolute atomic E-state index is 0.0858. The van der Waals surface area contributed by atoms with E-state index in [1.807, 2.05) is 14.0 Å². The molecule has 0 spiro atoms. The van der Waals surface area contributed by atoms with Gasteiger partial charge in [-0.3, -0.25) is 9.58 Å². The molecule has 5 nitrogen and oxygen atoms in total. The second-order valence-electron chi connectivity index (χ2n) is 6.59. The Bertz CT molecular complexity index is 518. The highest BCUT2D eigenvalue weighted by molar-refractivity contribution is 6.30. The molecular formula is C15H25ClN4O. The van der Waals surface area contributed by atoms with Crippen LogP contribution in [0.4, 0.5) is 0 Å². The molecule has 2 fully saturated rings. The average molecular weight is 313 g/mol. The van der Waals surface area contributed by atoms with Crippen molar-refractivity contribution in [3.63, 3.8) is 0 Å². The van der Waals surface area contributed by atoms with Crippen LogP contribution < -0.4 is 5.32 Å². The van der Waals surface area contributed by atoms with E-state index in [0.29, 0.717) is 12.6 Å². The summed E-state index contributed by atoms with van der Waals surface area (Å²) in [5, 5.41) is 18.6. The molecule has 1 aromatic heterocycles. The third-order valence-corrected chi connectivity index (χ3v) is 5.79. The Kier molecular flexibility index (Phi) is 4.28. The molecule has 2 atom stereocenters. The highest BCUT2D eigenvalue weighted by Crippen LogP contribution is 2.38. The van der Waals surface area contributed by atoms with E-state index in [1.165, 1.54) is 6.42 Å². The van der Waals surface area contributed by atoms with Crippen molar-refractivity contribution in [1.82, 2.24) is 20.0 Å². The molecule has 6 heteroatoms. The number of aliphatic hydroxyl groups is 1. The minimum Gasteiger partial charge on any atom is -0.396 e. The first kappa shape index (κ1) is 15.3. The average Bonchev–Trinajstić information content (AvgIpc) is 2.73. The van der Waals surface area contributed by atoms with Crippen molar-refractivity contribution in [2.45, 2.75) is 38.8 Å². The summed E-state index contributed by atoms with van der Waals surface area (Å²) in [6.45, 7) is 6.22. The van der Waals surface area contributed by atoms with Crippen molar-refractivity contribution in [3.05, 3.63) is 16.4 Å². The lowest BCUT2D eigenvalue weighted by Gasteiger charge is -2.50. The molecule has 2 saturated heterocycles. The van der Waals surface area contributed by atoms with Crippen LogP contribution in [0.25, 0.3) is 0 Å². The molecule has 0 radical (unpaired) electrons. The van der Waals surface area contributed by atoms with Crippen LogP contribution in [0.2, 0.25) is 5.15 Å². The molecule has 0 aromatic carbocycles. The van der Waals surface area contributed by atoms with Gasteiger partial charge in [0.25, 0.3) is 0 Å². The molecule has 2 aliphatic heterocycles. The number of fused-ring (bicyclic) bond motifs is 1. The highest BCUT2D eigenvalue weighted by Gasteiger charge is 2.43. The lowest BCUT2D eigenvalue weighted by Crippen LogP contribution is -2.61. The van der Waals surface area contributed by atoms with Gasteiger partial charge in [-0.1, -0.05) is 11.6 Å². The lowest BCUT2D eigenvalue weighted by molar-refractivity contribution is -0.0151. The third-order valence-electron chi connectivity index (χ3n) is 5.31. The van der Waals surface area contributed by atoms with Gasteiger partial charge in [0.1, 0.15) is 5.15 Å². The normalized spacial score (nSPS) is 30.4. The van der Waals surface area contributed by atoms with Gasteiger partial charge >= 0.3 is 0 Å². The fraction of sp³-hybridized carbons (Fsp3) is 0.800. The molecule has 0 bridgehead atoms. The molecule has 3 rings (SSSR count). The maximum absolute atomic E-state index is 9.85. The van der Waals surface area contributed by atoms with Gasteiger partial charge in [-0.05, 0) is 39.3 Å². The van der Waals surface area contributed by atoms with E-state index >= 15 is 0 Å². The maximum atomic E-state index is 9.85. The van der Waals surface area contributed by atoms with Gasteiger partial charge in [-0.2, -0.15) is 5.10 Å². The van der Waals surface area contributed by atoms with Crippen LogP contribution in [-0.4, -0.2) is 52.1 Å². The topological polar surface area (TPSA) is 53.3 Å². The van der Waals surface area contributed by atoms with Crippen LogP contribution in [0.1, 0.15) is 30.5 Å². The van der Waals surface area contributed by atoms with Gasteiger partial charge in [0.15, 0.2) is 0 Å². The predicted molar refractivity (Wildman–Crippen MR) is 83.4 cm³/mol. The zero-order chi connectivity index (χ0) is 15.0. The molecule has 3 heterocycles. The van der Waals surface area contributed by atoms with Crippen molar-refractivity contribution in [3.8, 4) is 0 Å². The quantitative estimate of drug-likeness (QED) is 0.884. The summed E-state index contributed by atoms with van der Waals surface area (Å²) in [5.74, 6) is 0. The van der Waals surface area contributed by atoms with Crippen LogP contribution in [0.5, 0.6) is 0 Å². The fourth-order valence-corrected chi connectivity index (χ4v) is 4.12. The van der Waals surface area contributed by atoms with Crippen molar-refractivity contribution >= 4 is 11.6 Å². The van der Waals surface area contributed by atoms with Crippen LogP contribution in [0, 0.1) is 12.3 Å². The first-order valence-electron chi connectivity index (χ1n) is 7.80. The number of aryl methyl sites for hydroxylation is 2. The van der Waals surface area contributed by atoms with Gasteiger partial charge in [0.05, 0.1) is 12.3 Å². The minimum atomic E-state index is 0.0858. The van der Waals surface area contributed by atoms with Gasteiger partial charge in [-0.25, -0.2) is 0 Å². The molecule has 2 N–H and O–H groups in total. The Morgan fingerprint density at radius 3 is 2.95 bits per heavy atom. The molecule has 2 aliphatic rings. The zero-order valence-corrected chi connectivity index (χ0v) is 13.7. The number of nitrogens with zero attached hydrogens (tertiary/aromatic N) is 3. The number of aliphatic hydroxyl groups excluding tert-OH is 1. The van der Waals surface area contributed by atoms with Crippen LogP contribution in [0.3, 0.4) is 0 Å². The summed E-state index contributed by atoms with van der Waals surface area (Å²) < 4.78 is 1.74.